The Morgan fingerprint density at radius 1 is 1.20 bits per heavy atom. The molecule has 0 unspecified atom stereocenters. The van der Waals surface area contributed by atoms with Gasteiger partial charge in [0.2, 0.25) is 0 Å². The summed E-state index contributed by atoms with van der Waals surface area (Å²) in [6, 6.07) is 0. The molecule has 0 aliphatic rings. The predicted molar refractivity (Wildman–Crippen MR) is 45.5 cm³/mol. The first-order valence-corrected chi connectivity index (χ1v) is 3.50. The summed E-state index contributed by atoms with van der Waals surface area (Å²) in [7, 11) is 3.95. The number of hydrazine groups is 1. The van der Waals surface area contributed by atoms with Crippen molar-refractivity contribution < 1.29 is 0 Å². The molecule has 0 saturated carbocycles. The van der Waals surface area contributed by atoms with Crippen molar-refractivity contribution in [1.82, 2.24) is 10.4 Å². The Kier molecular flexibility index (Phi) is 14.5. The summed E-state index contributed by atoms with van der Waals surface area (Å²) >= 11 is 0. The van der Waals surface area contributed by atoms with Gasteiger partial charge < -0.3 is 11.5 Å². The molecule has 0 radical (unpaired) electrons. The molecule has 0 atom stereocenters. The van der Waals surface area contributed by atoms with E-state index in [0.717, 1.165) is 6.54 Å². The van der Waals surface area contributed by atoms with Crippen LogP contribution in [-0.4, -0.2) is 38.7 Å². The van der Waals surface area contributed by atoms with Crippen LogP contribution in [0.5, 0.6) is 0 Å². The van der Waals surface area contributed by atoms with Crippen molar-refractivity contribution in [1.29, 1.82) is 0 Å². The van der Waals surface area contributed by atoms with E-state index in [0.29, 0.717) is 13.1 Å². The molecule has 0 spiro atoms. The van der Waals surface area contributed by atoms with E-state index in [2.05, 4.69) is 12.3 Å². The van der Waals surface area contributed by atoms with E-state index >= 15 is 0 Å². The molecule has 0 fully saturated rings. The number of nitrogens with two attached hydrogens (primary N) is 2. The maximum Gasteiger partial charge on any atom is 0.00735 e. The largest absolute Gasteiger partial charge is 0.329 e. The van der Waals surface area contributed by atoms with Crippen molar-refractivity contribution in [2.75, 3.05) is 33.7 Å². The van der Waals surface area contributed by atoms with Gasteiger partial charge in [-0.25, -0.2) is 0 Å². The van der Waals surface area contributed by atoms with Crippen molar-refractivity contribution in [3.05, 3.63) is 0 Å². The average Bonchev–Trinajstić information content (AvgIpc) is 1.89. The van der Waals surface area contributed by atoms with Gasteiger partial charge in [-0.1, -0.05) is 6.92 Å². The summed E-state index contributed by atoms with van der Waals surface area (Å²) in [4.78, 5) is 0. The Balaban J connectivity index is 0. The van der Waals surface area contributed by atoms with Gasteiger partial charge in [-0.2, -0.15) is 0 Å². The molecule has 5 N–H and O–H groups in total. The lowest BCUT2D eigenvalue weighted by atomic mass is 10.7. The summed E-state index contributed by atoms with van der Waals surface area (Å²) in [5.74, 6) is 0. The van der Waals surface area contributed by atoms with E-state index in [9.17, 15) is 0 Å². The molecule has 0 aromatic rings. The highest BCUT2D eigenvalue weighted by Crippen LogP contribution is 1.57. The highest BCUT2D eigenvalue weighted by Gasteiger charge is 1.75. The van der Waals surface area contributed by atoms with Gasteiger partial charge in [-0.3, -0.25) is 10.4 Å². The Labute approximate surface area is 63.5 Å². The molecule has 4 heteroatoms. The van der Waals surface area contributed by atoms with Gasteiger partial charge >= 0.3 is 0 Å². The van der Waals surface area contributed by atoms with Crippen LogP contribution < -0.4 is 16.9 Å². The number of nitrogens with one attached hydrogen (secondary N) is 1. The van der Waals surface area contributed by atoms with Crippen LogP contribution in [0.2, 0.25) is 0 Å². The summed E-state index contributed by atoms with van der Waals surface area (Å²) in [5.41, 5.74) is 12.8. The quantitative estimate of drug-likeness (QED) is 0.448. The van der Waals surface area contributed by atoms with Gasteiger partial charge in [-0.15, -0.1) is 0 Å². The second kappa shape index (κ2) is 11.6. The van der Waals surface area contributed by atoms with Gasteiger partial charge in [0, 0.05) is 33.7 Å². The number of rotatable bonds is 3. The predicted octanol–water partition coefficient (Wildman–Crippen LogP) is -1.02. The Bertz CT molecular complexity index is 45.0. The molecule has 0 aliphatic carbocycles. The average molecular weight is 148 g/mol. The lowest BCUT2D eigenvalue weighted by molar-refractivity contribution is 0.299. The number of hydrogen-bond acceptors (Lipinski definition) is 4. The second-order valence-electron chi connectivity index (χ2n) is 1.98. The molecular weight excluding hydrogens is 128 g/mol. The molecule has 0 heterocycles. The number of nitrogens with zero attached hydrogens (tertiary/aromatic N) is 1. The van der Waals surface area contributed by atoms with Crippen LogP contribution in [0.4, 0.5) is 0 Å². The zero-order chi connectivity index (χ0) is 8.41. The molecule has 0 aromatic heterocycles. The van der Waals surface area contributed by atoms with Crippen LogP contribution in [-0.2, 0) is 0 Å². The Morgan fingerprint density at radius 2 is 1.60 bits per heavy atom. The molecule has 64 valence electrons. The van der Waals surface area contributed by atoms with Gasteiger partial charge in [0.1, 0.15) is 0 Å². The Morgan fingerprint density at radius 3 is 1.60 bits per heavy atom. The number of hydrogen-bond donors (Lipinski definition) is 3. The first-order chi connectivity index (χ1) is 4.68. The van der Waals surface area contributed by atoms with Crippen molar-refractivity contribution in [2.45, 2.75) is 6.92 Å². The van der Waals surface area contributed by atoms with Crippen LogP contribution in [0.15, 0.2) is 0 Å². The molecular formula is C6H20N4. The lowest BCUT2D eigenvalue weighted by Crippen LogP contribution is -2.29. The summed E-state index contributed by atoms with van der Waals surface area (Å²) < 4.78 is 0. The van der Waals surface area contributed by atoms with Crippen molar-refractivity contribution in [3.8, 4) is 0 Å². The summed E-state index contributed by atoms with van der Waals surface area (Å²) in [5, 5.41) is 1.93. The van der Waals surface area contributed by atoms with E-state index in [1.807, 2.05) is 19.1 Å². The third-order valence-corrected chi connectivity index (χ3v) is 0.641. The monoisotopic (exact) mass is 148 g/mol. The fourth-order valence-corrected chi connectivity index (χ4v) is 0.316. The molecule has 4 nitrogen and oxygen atoms in total. The summed E-state index contributed by atoms with van der Waals surface area (Å²) in [6.07, 6.45) is 0. The minimum Gasteiger partial charge on any atom is -0.329 e. The fourth-order valence-electron chi connectivity index (χ4n) is 0.316. The van der Waals surface area contributed by atoms with E-state index in [1.54, 1.807) is 0 Å². The molecule has 0 bridgehead atoms. The second-order valence-corrected chi connectivity index (χ2v) is 1.98. The molecule has 0 rings (SSSR count). The van der Waals surface area contributed by atoms with Crippen molar-refractivity contribution in [2.24, 2.45) is 11.5 Å². The Hall–Kier alpha value is -0.160. The van der Waals surface area contributed by atoms with Gasteiger partial charge in [0.15, 0.2) is 0 Å². The third-order valence-electron chi connectivity index (χ3n) is 0.641. The van der Waals surface area contributed by atoms with Gasteiger partial charge in [0.05, 0.1) is 0 Å². The van der Waals surface area contributed by atoms with Crippen LogP contribution in [0.25, 0.3) is 0 Å². The molecule has 0 amide bonds. The molecule has 0 aromatic carbocycles. The maximum atomic E-state index is 4.90. The van der Waals surface area contributed by atoms with Crippen LogP contribution in [0.3, 0.4) is 0 Å². The van der Waals surface area contributed by atoms with Crippen LogP contribution in [0, 0.1) is 0 Å². The topological polar surface area (TPSA) is 67.3 Å². The third kappa shape index (κ3) is 24.9. The summed E-state index contributed by atoms with van der Waals surface area (Å²) in [6.45, 7) is 4.27. The SMILES string of the molecule is CCNN(C)C.NCCN. The minimum atomic E-state index is 0.597. The smallest absolute Gasteiger partial charge is 0.00735 e. The van der Waals surface area contributed by atoms with Crippen LogP contribution >= 0.6 is 0 Å². The van der Waals surface area contributed by atoms with E-state index in [1.165, 1.54) is 0 Å². The zero-order valence-electron chi connectivity index (χ0n) is 7.22. The van der Waals surface area contributed by atoms with E-state index in [4.69, 9.17) is 11.5 Å². The molecule has 10 heavy (non-hydrogen) atoms. The normalized spacial score (nSPS) is 9.00. The lowest BCUT2D eigenvalue weighted by Gasteiger charge is -2.07. The van der Waals surface area contributed by atoms with Crippen molar-refractivity contribution >= 4 is 0 Å². The van der Waals surface area contributed by atoms with Gasteiger partial charge in [-0.05, 0) is 0 Å². The zero-order valence-corrected chi connectivity index (χ0v) is 7.22. The maximum absolute atomic E-state index is 4.90. The van der Waals surface area contributed by atoms with E-state index < -0.39 is 0 Å². The first-order valence-electron chi connectivity index (χ1n) is 3.50. The molecule has 0 saturated heterocycles. The fraction of sp³-hybridized carbons (Fsp3) is 1.00. The first kappa shape index (κ1) is 12.5. The molecule has 0 aliphatic heterocycles. The van der Waals surface area contributed by atoms with E-state index in [-0.39, 0.29) is 0 Å². The standard InChI is InChI=1S/C4H12N2.C2H8N2/c1-4-5-6(2)3;3-1-2-4/h5H,4H2,1-3H3;1-4H2. The highest BCUT2D eigenvalue weighted by molar-refractivity contribution is 4.26. The minimum absolute atomic E-state index is 0.597. The highest BCUT2D eigenvalue weighted by atomic mass is 15.5. The van der Waals surface area contributed by atoms with Gasteiger partial charge in [0.25, 0.3) is 0 Å². The van der Waals surface area contributed by atoms with Crippen LogP contribution in [0.1, 0.15) is 6.92 Å². The van der Waals surface area contributed by atoms with Crippen molar-refractivity contribution in [3.63, 3.8) is 0 Å².